The van der Waals surface area contributed by atoms with Gasteiger partial charge >= 0.3 is 6.61 Å². The maximum Gasteiger partial charge on any atom is 0.387 e. The van der Waals surface area contributed by atoms with E-state index in [9.17, 15) is 27.2 Å². The van der Waals surface area contributed by atoms with Crippen LogP contribution in [0.15, 0.2) is 65.6 Å². The van der Waals surface area contributed by atoms with E-state index in [1.807, 2.05) is 0 Å². The van der Waals surface area contributed by atoms with Gasteiger partial charge in [-0.3, -0.25) is 9.59 Å². The first-order chi connectivity index (χ1) is 17.6. The van der Waals surface area contributed by atoms with Gasteiger partial charge in [-0.15, -0.1) is 0 Å². The smallest absolute Gasteiger partial charge is 0.387 e. The van der Waals surface area contributed by atoms with Gasteiger partial charge in [0.2, 0.25) is 5.56 Å². The van der Waals surface area contributed by atoms with Gasteiger partial charge in [-0.05, 0) is 42.5 Å². The lowest BCUT2D eigenvalue weighted by Crippen LogP contribution is -2.26. The summed E-state index contributed by atoms with van der Waals surface area (Å²) in [6.45, 7) is -3.70. The average Bonchev–Trinajstić information content (AvgIpc) is 2.85. The van der Waals surface area contributed by atoms with Crippen LogP contribution < -0.4 is 21.3 Å². The van der Waals surface area contributed by atoms with Crippen LogP contribution in [0.4, 0.5) is 23.4 Å². The maximum absolute atomic E-state index is 14.3. The molecule has 2 aromatic carbocycles. The van der Waals surface area contributed by atoms with Crippen molar-refractivity contribution in [3.05, 3.63) is 94.0 Å². The summed E-state index contributed by atoms with van der Waals surface area (Å²) in [7, 11) is 1.52. The lowest BCUT2D eigenvalue weighted by Gasteiger charge is -2.15. The quantitative estimate of drug-likeness (QED) is 0.363. The highest BCUT2D eigenvalue weighted by Crippen LogP contribution is 2.31. The molecule has 0 fully saturated rings. The van der Waals surface area contributed by atoms with Crippen molar-refractivity contribution >= 4 is 11.7 Å². The Kier molecular flexibility index (Phi) is 7.18. The first-order valence-corrected chi connectivity index (χ1v) is 10.7. The summed E-state index contributed by atoms with van der Waals surface area (Å²) in [5.41, 5.74) is 6.33. The van der Waals surface area contributed by atoms with Crippen LogP contribution in [0.5, 0.6) is 5.75 Å². The highest BCUT2D eigenvalue weighted by Gasteiger charge is 2.22. The Morgan fingerprint density at radius 3 is 2.38 bits per heavy atom. The number of hydrogen-bond acceptors (Lipinski definition) is 6. The summed E-state index contributed by atoms with van der Waals surface area (Å²) in [6, 6.07) is 11.5. The Labute approximate surface area is 207 Å². The Hall–Kier alpha value is -4.74. The molecule has 0 aliphatic carbocycles. The third-order valence-corrected chi connectivity index (χ3v) is 5.33. The predicted octanol–water partition coefficient (Wildman–Crippen LogP) is 3.90. The van der Waals surface area contributed by atoms with E-state index in [1.165, 1.54) is 60.3 Å². The summed E-state index contributed by atoms with van der Waals surface area (Å²) in [5, 5.41) is 2.39. The molecule has 2 aromatic heterocycles. The molecule has 0 aliphatic heterocycles. The number of pyridine rings is 1. The average molecular weight is 513 g/mol. The van der Waals surface area contributed by atoms with Gasteiger partial charge in [-0.1, -0.05) is 6.07 Å². The Morgan fingerprint density at radius 2 is 1.70 bits per heavy atom. The molecule has 0 radical (unpaired) electrons. The van der Waals surface area contributed by atoms with Gasteiger partial charge < -0.3 is 20.4 Å². The zero-order valence-corrected chi connectivity index (χ0v) is 19.2. The molecule has 4 rings (SSSR count). The van der Waals surface area contributed by atoms with Gasteiger partial charge in [0.25, 0.3) is 5.91 Å². The topological polar surface area (TPSA) is 112 Å². The molecule has 1 amide bonds. The van der Waals surface area contributed by atoms with Gasteiger partial charge in [0, 0.05) is 42.5 Å². The highest BCUT2D eigenvalue weighted by atomic mass is 19.3. The third kappa shape index (κ3) is 5.58. The number of rotatable bonds is 7. The number of nitrogens with two attached hydrogens (primary N) is 1. The van der Waals surface area contributed by atoms with Crippen LogP contribution >= 0.6 is 0 Å². The molecule has 190 valence electrons. The molecule has 0 aliphatic rings. The van der Waals surface area contributed by atoms with Gasteiger partial charge in [0.1, 0.15) is 17.4 Å². The minimum Gasteiger partial charge on any atom is -0.434 e. The van der Waals surface area contributed by atoms with Crippen LogP contribution in [0.2, 0.25) is 0 Å². The number of aryl methyl sites for hydroxylation is 1. The van der Waals surface area contributed by atoms with Crippen molar-refractivity contribution in [3.63, 3.8) is 0 Å². The molecule has 0 bridgehead atoms. The van der Waals surface area contributed by atoms with Gasteiger partial charge in [-0.25, -0.2) is 18.7 Å². The highest BCUT2D eigenvalue weighted by molar-refractivity contribution is 5.98. The number of nitrogens with zero attached hydrogens (tertiary/aromatic N) is 3. The van der Waals surface area contributed by atoms with E-state index >= 15 is 0 Å². The number of anilines is 1. The number of halogens is 4. The molecule has 2 heterocycles. The molecule has 3 N–H and O–H groups in total. The Bertz CT molecular complexity index is 1520. The van der Waals surface area contributed by atoms with Crippen molar-refractivity contribution < 1.29 is 27.1 Å². The molecule has 12 heteroatoms. The van der Waals surface area contributed by atoms with Crippen LogP contribution in [0.3, 0.4) is 0 Å². The number of amides is 1. The second-order valence-corrected chi connectivity index (χ2v) is 7.81. The summed E-state index contributed by atoms with van der Waals surface area (Å²) >= 11 is 0. The number of nitrogens with one attached hydrogen (secondary N) is 1. The number of alkyl halides is 2. The number of aromatic nitrogens is 3. The van der Waals surface area contributed by atoms with E-state index in [2.05, 4.69) is 20.0 Å². The molecule has 0 unspecified atom stereocenters. The number of benzene rings is 2. The molecule has 0 saturated carbocycles. The van der Waals surface area contributed by atoms with Crippen molar-refractivity contribution in [2.75, 3.05) is 5.73 Å². The molecule has 8 nitrogen and oxygen atoms in total. The van der Waals surface area contributed by atoms with E-state index in [-0.39, 0.29) is 34.0 Å². The molecule has 0 saturated heterocycles. The van der Waals surface area contributed by atoms with Crippen molar-refractivity contribution in [1.29, 1.82) is 0 Å². The lowest BCUT2D eigenvalue weighted by molar-refractivity contribution is -0.0506. The Balaban J connectivity index is 1.74. The first kappa shape index (κ1) is 25.4. The van der Waals surface area contributed by atoms with Gasteiger partial charge in [0.05, 0.1) is 11.4 Å². The predicted molar refractivity (Wildman–Crippen MR) is 127 cm³/mol. The van der Waals surface area contributed by atoms with E-state index in [0.29, 0.717) is 11.1 Å². The van der Waals surface area contributed by atoms with E-state index in [0.717, 1.165) is 12.1 Å². The Morgan fingerprint density at radius 1 is 1.03 bits per heavy atom. The third-order valence-electron chi connectivity index (χ3n) is 5.33. The molecule has 4 aromatic rings. The largest absolute Gasteiger partial charge is 0.434 e. The van der Waals surface area contributed by atoms with E-state index < -0.39 is 36.4 Å². The fraction of sp³-hybridized carbons (Fsp3) is 0.120. The van der Waals surface area contributed by atoms with Gasteiger partial charge in [-0.2, -0.15) is 8.78 Å². The zero-order chi connectivity index (χ0) is 26.7. The number of nitrogen functional groups attached to an aromatic ring is 1. The fourth-order valence-corrected chi connectivity index (χ4v) is 3.53. The SMILES string of the molecule is Cn1cc(-c2nc(C(=O)NCc3c(F)cccc3OC(F)F)c(N)nc2-c2ccc(F)cc2)ccc1=O. The molecule has 0 atom stereocenters. The molecular formula is C25H19F4N5O3. The van der Waals surface area contributed by atoms with Crippen molar-refractivity contribution in [2.45, 2.75) is 13.2 Å². The minimum atomic E-state index is -3.19. The summed E-state index contributed by atoms with van der Waals surface area (Å²) < 4.78 is 58.8. The summed E-state index contributed by atoms with van der Waals surface area (Å²) in [4.78, 5) is 33.5. The number of ether oxygens (including phenoxy) is 1. The number of carbonyl (C=O) groups excluding carboxylic acids is 1. The maximum atomic E-state index is 14.3. The number of hydrogen-bond donors (Lipinski definition) is 2. The molecular weight excluding hydrogens is 494 g/mol. The summed E-state index contributed by atoms with van der Waals surface area (Å²) in [5.74, 6) is -2.94. The summed E-state index contributed by atoms with van der Waals surface area (Å²) in [6.07, 6.45) is 1.48. The lowest BCUT2D eigenvalue weighted by atomic mass is 10.0. The minimum absolute atomic E-state index is 0.161. The van der Waals surface area contributed by atoms with E-state index in [4.69, 9.17) is 5.73 Å². The number of carbonyl (C=O) groups is 1. The van der Waals surface area contributed by atoms with Crippen molar-refractivity contribution in [3.8, 4) is 28.3 Å². The standard InChI is InChI=1S/C25H19F4N5O3/c1-34-12-14(7-10-19(34)35)21-20(13-5-8-15(26)9-6-13)33-23(30)22(32-21)24(36)31-11-16-17(27)3-2-4-18(16)37-25(28)29/h2-10,12,25H,11H2,1H3,(H2,30,33)(H,31,36). The monoisotopic (exact) mass is 513 g/mol. The fourth-order valence-electron chi connectivity index (χ4n) is 3.53. The molecule has 37 heavy (non-hydrogen) atoms. The van der Waals surface area contributed by atoms with Crippen LogP contribution in [0.25, 0.3) is 22.5 Å². The van der Waals surface area contributed by atoms with Crippen LogP contribution in [0.1, 0.15) is 16.1 Å². The van der Waals surface area contributed by atoms with Crippen LogP contribution in [-0.2, 0) is 13.6 Å². The molecule has 0 spiro atoms. The van der Waals surface area contributed by atoms with E-state index in [1.54, 1.807) is 0 Å². The van der Waals surface area contributed by atoms with Gasteiger partial charge in [0.15, 0.2) is 11.5 Å². The normalized spacial score (nSPS) is 11.0. The second-order valence-electron chi connectivity index (χ2n) is 7.81. The first-order valence-electron chi connectivity index (χ1n) is 10.7. The zero-order valence-electron chi connectivity index (χ0n) is 19.2. The second kappa shape index (κ2) is 10.5. The van der Waals surface area contributed by atoms with Crippen molar-refractivity contribution in [2.24, 2.45) is 7.05 Å². The van der Waals surface area contributed by atoms with Crippen LogP contribution in [0, 0.1) is 11.6 Å². The van der Waals surface area contributed by atoms with Crippen molar-refractivity contribution in [1.82, 2.24) is 19.9 Å². The van der Waals surface area contributed by atoms with Crippen LogP contribution in [-0.4, -0.2) is 27.1 Å².